The van der Waals surface area contributed by atoms with Crippen LogP contribution in [-0.4, -0.2) is 61.5 Å². The first-order chi connectivity index (χ1) is 9.75. The number of aliphatic hydroxyl groups excluding tert-OH is 1. The van der Waals surface area contributed by atoms with Gasteiger partial charge in [-0.25, -0.2) is 0 Å². The molecule has 0 aliphatic heterocycles. The van der Waals surface area contributed by atoms with Crippen molar-refractivity contribution in [2.75, 3.05) is 33.3 Å². The van der Waals surface area contributed by atoms with Gasteiger partial charge in [0.25, 0.3) is 0 Å². The Kier molecular flexibility index (Phi) is 7.28. The van der Waals surface area contributed by atoms with Gasteiger partial charge in [-0.15, -0.1) is 0 Å². The normalized spacial score (nSPS) is 22.9. The molecule has 2 fully saturated rings. The molecule has 0 heterocycles. The maximum atomic E-state index is 9.89. The van der Waals surface area contributed by atoms with Gasteiger partial charge in [0, 0.05) is 25.7 Å². The van der Waals surface area contributed by atoms with Crippen molar-refractivity contribution in [2.24, 2.45) is 0 Å². The standard InChI is InChI=1S/C16H32N2O2/c1-18(14-6-2-3-7-14)11-10-17-12-15(19)13-20-16-8-4-5-9-16/h14-17,19H,2-13H2,1H3. The lowest BCUT2D eigenvalue weighted by Gasteiger charge is -2.24. The molecule has 2 aliphatic carbocycles. The van der Waals surface area contributed by atoms with Crippen molar-refractivity contribution in [3.8, 4) is 0 Å². The van der Waals surface area contributed by atoms with Crippen molar-refractivity contribution < 1.29 is 9.84 Å². The zero-order valence-corrected chi connectivity index (χ0v) is 13.0. The van der Waals surface area contributed by atoms with Crippen LogP contribution in [0.25, 0.3) is 0 Å². The van der Waals surface area contributed by atoms with Crippen LogP contribution in [0.2, 0.25) is 0 Å². The molecule has 0 aromatic heterocycles. The lowest BCUT2D eigenvalue weighted by atomic mass is 10.2. The van der Waals surface area contributed by atoms with Gasteiger partial charge < -0.3 is 20.1 Å². The fourth-order valence-electron chi connectivity index (χ4n) is 3.41. The zero-order valence-electron chi connectivity index (χ0n) is 13.0. The van der Waals surface area contributed by atoms with E-state index in [9.17, 15) is 5.11 Å². The molecule has 0 aromatic rings. The summed E-state index contributed by atoms with van der Waals surface area (Å²) < 4.78 is 5.72. The van der Waals surface area contributed by atoms with Crippen molar-refractivity contribution in [2.45, 2.75) is 69.6 Å². The molecule has 0 radical (unpaired) electrons. The molecular formula is C16H32N2O2. The van der Waals surface area contributed by atoms with E-state index in [-0.39, 0.29) is 6.10 Å². The molecule has 2 N–H and O–H groups in total. The monoisotopic (exact) mass is 284 g/mol. The topological polar surface area (TPSA) is 44.7 Å². The van der Waals surface area contributed by atoms with Gasteiger partial charge in [-0.1, -0.05) is 25.7 Å². The molecular weight excluding hydrogens is 252 g/mol. The van der Waals surface area contributed by atoms with Crippen LogP contribution < -0.4 is 5.32 Å². The second-order valence-electron chi connectivity index (χ2n) is 6.52. The minimum absolute atomic E-state index is 0.368. The molecule has 2 saturated carbocycles. The summed E-state index contributed by atoms with van der Waals surface area (Å²) in [6.45, 7) is 3.15. The number of rotatable bonds is 9. The summed E-state index contributed by atoms with van der Waals surface area (Å²) in [5.74, 6) is 0. The average molecular weight is 284 g/mol. The molecule has 4 nitrogen and oxygen atoms in total. The van der Waals surface area contributed by atoms with Gasteiger partial charge in [0.2, 0.25) is 0 Å². The van der Waals surface area contributed by atoms with E-state index in [1.54, 1.807) is 0 Å². The molecule has 0 saturated heterocycles. The predicted molar refractivity (Wildman–Crippen MR) is 82.0 cm³/mol. The Morgan fingerprint density at radius 3 is 2.50 bits per heavy atom. The van der Waals surface area contributed by atoms with E-state index in [4.69, 9.17) is 4.74 Å². The molecule has 0 bridgehead atoms. The van der Waals surface area contributed by atoms with Gasteiger partial charge in [-0.3, -0.25) is 0 Å². The number of ether oxygens (including phenoxy) is 1. The van der Waals surface area contributed by atoms with Crippen LogP contribution in [0.3, 0.4) is 0 Å². The lowest BCUT2D eigenvalue weighted by molar-refractivity contribution is -0.00550. The first-order valence-electron chi connectivity index (χ1n) is 8.46. The summed E-state index contributed by atoms with van der Waals surface area (Å²) in [5, 5.41) is 13.2. The summed E-state index contributed by atoms with van der Waals surface area (Å²) >= 11 is 0. The second-order valence-corrected chi connectivity index (χ2v) is 6.52. The number of nitrogens with one attached hydrogen (secondary N) is 1. The van der Waals surface area contributed by atoms with Gasteiger partial charge in [-0.05, 0) is 32.7 Å². The van der Waals surface area contributed by atoms with Crippen molar-refractivity contribution in [3.63, 3.8) is 0 Å². The highest BCUT2D eigenvalue weighted by molar-refractivity contribution is 4.75. The number of likely N-dealkylation sites (N-methyl/N-ethyl adjacent to an activating group) is 1. The van der Waals surface area contributed by atoms with Crippen LogP contribution in [0.1, 0.15) is 51.4 Å². The van der Waals surface area contributed by atoms with E-state index in [1.807, 2.05) is 0 Å². The summed E-state index contributed by atoms with van der Waals surface area (Å²) in [7, 11) is 2.22. The van der Waals surface area contributed by atoms with Crippen molar-refractivity contribution in [3.05, 3.63) is 0 Å². The molecule has 4 heteroatoms. The first kappa shape index (κ1) is 16.2. The van der Waals surface area contributed by atoms with Gasteiger partial charge in [0.15, 0.2) is 0 Å². The maximum absolute atomic E-state index is 9.89. The van der Waals surface area contributed by atoms with Crippen LogP contribution in [0.5, 0.6) is 0 Å². The van der Waals surface area contributed by atoms with Crippen molar-refractivity contribution in [1.29, 1.82) is 0 Å². The summed E-state index contributed by atoms with van der Waals surface area (Å²) in [6, 6.07) is 0.785. The Hall–Kier alpha value is -0.160. The highest BCUT2D eigenvalue weighted by Crippen LogP contribution is 2.22. The second kappa shape index (κ2) is 8.98. The third-order valence-electron chi connectivity index (χ3n) is 4.80. The minimum atomic E-state index is -0.368. The van der Waals surface area contributed by atoms with Crippen molar-refractivity contribution >= 4 is 0 Å². The zero-order chi connectivity index (χ0) is 14.2. The van der Waals surface area contributed by atoms with Gasteiger partial charge in [0.05, 0.1) is 18.8 Å². The lowest BCUT2D eigenvalue weighted by Crippen LogP contribution is -2.38. The Labute approximate surface area is 123 Å². The van der Waals surface area contributed by atoms with Crippen LogP contribution in [0.4, 0.5) is 0 Å². The van der Waals surface area contributed by atoms with Gasteiger partial charge in [0.1, 0.15) is 0 Å². The quantitative estimate of drug-likeness (QED) is 0.633. The number of nitrogens with zero attached hydrogens (tertiary/aromatic N) is 1. The summed E-state index contributed by atoms with van der Waals surface area (Å²) in [4.78, 5) is 2.46. The smallest absolute Gasteiger partial charge is 0.0897 e. The van der Waals surface area contributed by atoms with E-state index < -0.39 is 0 Å². The molecule has 20 heavy (non-hydrogen) atoms. The molecule has 2 rings (SSSR count). The van der Waals surface area contributed by atoms with Crippen LogP contribution in [-0.2, 0) is 4.74 Å². The molecule has 0 spiro atoms. The third-order valence-corrected chi connectivity index (χ3v) is 4.80. The molecule has 0 aromatic carbocycles. The SMILES string of the molecule is CN(CCNCC(O)COC1CCCC1)C1CCCC1. The van der Waals surface area contributed by atoms with E-state index in [2.05, 4.69) is 17.3 Å². The largest absolute Gasteiger partial charge is 0.389 e. The van der Waals surface area contributed by atoms with Crippen LogP contribution >= 0.6 is 0 Å². The molecule has 1 atom stereocenters. The van der Waals surface area contributed by atoms with Crippen LogP contribution in [0, 0.1) is 0 Å². The molecule has 1 unspecified atom stereocenters. The number of hydrogen-bond acceptors (Lipinski definition) is 4. The summed E-state index contributed by atoms with van der Waals surface area (Å²) in [5.41, 5.74) is 0. The molecule has 118 valence electrons. The Bertz CT molecular complexity index is 251. The predicted octanol–water partition coefficient (Wildman–Crippen LogP) is 1.77. The van der Waals surface area contributed by atoms with Gasteiger partial charge >= 0.3 is 0 Å². The highest BCUT2D eigenvalue weighted by Gasteiger charge is 2.19. The minimum Gasteiger partial charge on any atom is -0.389 e. The Morgan fingerprint density at radius 2 is 1.80 bits per heavy atom. The third kappa shape index (κ3) is 5.68. The Balaban J connectivity index is 1.45. The fourth-order valence-corrected chi connectivity index (χ4v) is 3.41. The maximum Gasteiger partial charge on any atom is 0.0897 e. The first-order valence-corrected chi connectivity index (χ1v) is 8.46. The van der Waals surface area contributed by atoms with E-state index >= 15 is 0 Å². The highest BCUT2D eigenvalue weighted by atomic mass is 16.5. The number of aliphatic hydroxyl groups is 1. The van der Waals surface area contributed by atoms with Crippen molar-refractivity contribution in [1.82, 2.24) is 10.2 Å². The fraction of sp³-hybridized carbons (Fsp3) is 1.00. The van der Waals surface area contributed by atoms with Crippen LogP contribution in [0.15, 0.2) is 0 Å². The van der Waals surface area contributed by atoms with E-state index in [1.165, 1.54) is 51.4 Å². The summed E-state index contributed by atoms with van der Waals surface area (Å²) in [6.07, 6.45) is 10.4. The Morgan fingerprint density at radius 1 is 1.15 bits per heavy atom. The average Bonchev–Trinajstić information content (AvgIpc) is 3.13. The van der Waals surface area contributed by atoms with E-state index in [0.29, 0.717) is 19.3 Å². The van der Waals surface area contributed by atoms with Gasteiger partial charge in [-0.2, -0.15) is 0 Å². The molecule has 0 amide bonds. The molecule has 2 aliphatic rings. The number of hydrogen-bond donors (Lipinski definition) is 2. The van der Waals surface area contributed by atoms with E-state index in [0.717, 1.165) is 19.1 Å².